The van der Waals surface area contributed by atoms with Gasteiger partial charge in [0.15, 0.2) is 0 Å². The van der Waals surface area contributed by atoms with Gasteiger partial charge in [-0.2, -0.15) is 0 Å². The molecule has 4 rings (SSSR count). The Bertz CT molecular complexity index is 589. The first-order valence-electron chi connectivity index (χ1n) is 12.1. The number of carbonyl (C=O) groups excluding carboxylic acids is 2. The van der Waals surface area contributed by atoms with Crippen molar-refractivity contribution in [3.05, 3.63) is 0 Å². The highest BCUT2D eigenvalue weighted by Gasteiger charge is 2.41. The Morgan fingerprint density at radius 2 is 1.76 bits per heavy atom. The number of fused-ring (bicyclic) bond motifs is 1. The van der Waals surface area contributed by atoms with Gasteiger partial charge in [0.1, 0.15) is 0 Å². The molecule has 4 fully saturated rings. The molecule has 0 bridgehead atoms. The number of rotatable bonds is 4. The molecule has 6 atom stereocenters. The average molecular weight is 405 g/mol. The number of carbonyl (C=O) groups is 2. The first-order valence-corrected chi connectivity index (χ1v) is 12.1. The second-order valence-corrected chi connectivity index (χ2v) is 10.0. The van der Waals surface area contributed by atoms with E-state index in [0.29, 0.717) is 29.8 Å². The van der Waals surface area contributed by atoms with Crippen molar-refractivity contribution in [3.8, 4) is 0 Å². The minimum absolute atomic E-state index is 0.00621. The Morgan fingerprint density at radius 3 is 2.48 bits per heavy atom. The van der Waals surface area contributed by atoms with Gasteiger partial charge in [-0.3, -0.25) is 14.5 Å². The lowest BCUT2D eigenvalue weighted by molar-refractivity contribution is -0.131. The van der Waals surface area contributed by atoms with Crippen molar-refractivity contribution in [3.63, 3.8) is 0 Å². The second-order valence-electron chi connectivity index (χ2n) is 10.0. The van der Waals surface area contributed by atoms with E-state index in [1.165, 1.54) is 44.9 Å². The Hall–Kier alpha value is -1.14. The van der Waals surface area contributed by atoms with Crippen molar-refractivity contribution in [1.82, 2.24) is 20.4 Å². The predicted molar refractivity (Wildman–Crippen MR) is 114 cm³/mol. The van der Waals surface area contributed by atoms with Gasteiger partial charge in [0, 0.05) is 51.7 Å². The summed E-state index contributed by atoms with van der Waals surface area (Å²) < 4.78 is 0. The molecule has 2 N–H and O–H groups in total. The topological polar surface area (TPSA) is 64.7 Å². The summed E-state index contributed by atoms with van der Waals surface area (Å²) in [5.41, 5.74) is 0. The fourth-order valence-corrected chi connectivity index (χ4v) is 6.51. The van der Waals surface area contributed by atoms with Gasteiger partial charge in [-0.05, 0) is 49.9 Å². The minimum Gasteiger partial charge on any atom is -0.354 e. The molecule has 2 aliphatic heterocycles. The van der Waals surface area contributed by atoms with Gasteiger partial charge >= 0.3 is 0 Å². The van der Waals surface area contributed by atoms with Crippen LogP contribution in [0.2, 0.25) is 0 Å². The molecule has 0 aromatic rings. The molecule has 2 heterocycles. The maximum Gasteiger partial charge on any atom is 0.237 e. The number of amides is 2. The smallest absolute Gasteiger partial charge is 0.237 e. The standard InChI is InChI=1S/C23H40N4O2/c1-16-6-5-8-18-14-20(25-22(16)18)23(29)24-15-19-7-3-4-9-21(19)27-12-10-26(11-13-27)17(2)28/h16,18-22,25H,3-15H2,1-2H3,(H,24,29). The number of nitrogens with zero attached hydrogens (tertiary/aromatic N) is 2. The lowest BCUT2D eigenvalue weighted by Gasteiger charge is -2.44. The summed E-state index contributed by atoms with van der Waals surface area (Å²) in [7, 11) is 0. The van der Waals surface area contributed by atoms with E-state index in [0.717, 1.165) is 39.1 Å². The van der Waals surface area contributed by atoms with Crippen LogP contribution in [0.3, 0.4) is 0 Å². The van der Waals surface area contributed by atoms with Crippen LogP contribution in [0, 0.1) is 17.8 Å². The third kappa shape index (κ3) is 4.79. The van der Waals surface area contributed by atoms with Crippen molar-refractivity contribution in [2.45, 2.75) is 83.3 Å². The Morgan fingerprint density at radius 1 is 1.00 bits per heavy atom. The lowest BCUT2D eigenvalue weighted by Crippen LogP contribution is -2.55. The van der Waals surface area contributed by atoms with Crippen LogP contribution in [0.1, 0.15) is 65.2 Å². The van der Waals surface area contributed by atoms with E-state index in [1.54, 1.807) is 6.92 Å². The fourth-order valence-electron chi connectivity index (χ4n) is 6.51. The zero-order valence-corrected chi connectivity index (χ0v) is 18.4. The summed E-state index contributed by atoms with van der Waals surface area (Å²) in [5, 5.41) is 6.98. The Balaban J connectivity index is 1.28. The molecule has 6 heteroatoms. The molecule has 6 unspecified atom stereocenters. The summed E-state index contributed by atoms with van der Waals surface area (Å²) in [5.74, 6) is 2.34. The summed E-state index contributed by atoms with van der Waals surface area (Å²) in [6.07, 6.45) is 9.90. The first-order chi connectivity index (χ1) is 14.0. The molecule has 0 aromatic heterocycles. The molecule has 29 heavy (non-hydrogen) atoms. The van der Waals surface area contributed by atoms with Gasteiger partial charge in [0.25, 0.3) is 0 Å². The molecule has 6 nitrogen and oxygen atoms in total. The van der Waals surface area contributed by atoms with Crippen LogP contribution in [0.5, 0.6) is 0 Å². The molecule has 0 aromatic carbocycles. The van der Waals surface area contributed by atoms with Crippen LogP contribution in [0.4, 0.5) is 0 Å². The van der Waals surface area contributed by atoms with Crippen molar-refractivity contribution in [2.24, 2.45) is 17.8 Å². The fraction of sp³-hybridized carbons (Fsp3) is 0.913. The molecule has 2 aliphatic carbocycles. The predicted octanol–water partition coefficient (Wildman–Crippen LogP) is 1.99. The van der Waals surface area contributed by atoms with Crippen molar-refractivity contribution < 1.29 is 9.59 Å². The van der Waals surface area contributed by atoms with Gasteiger partial charge in [-0.15, -0.1) is 0 Å². The van der Waals surface area contributed by atoms with Crippen molar-refractivity contribution in [1.29, 1.82) is 0 Å². The van der Waals surface area contributed by atoms with Gasteiger partial charge in [0.05, 0.1) is 6.04 Å². The number of piperazine rings is 1. The minimum atomic E-state index is 0.00621. The first kappa shape index (κ1) is 21.1. The third-order valence-corrected chi connectivity index (χ3v) is 8.24. The molecule has 4 aliphatic rings. The highest BCUT2D eigenvalue weighted by atomic mass is 16.2. The van der Waals surface area contributed by atoms with Crippen LogP contribution in [0.25, 0.3) is 0 Å². The van der Waals surface area contributed by atoms with Gasteiger partial charge in [-0.25, -0.2) is 0 Å². The van der Waals surface area contributed by atoms with Crippen LogP contribution in [0.15, 0.2) is 0 Å². The summed E-state index contributed by atoms with van der Waals surface area (Å²) in [4.78, 5) is 29.1. The van der Waals surface area contributed by atoms with E-state index >= 15 is 0 Å². The van der Waals surface area contributed by atoms with Crippen LogP contribution in [-0.4, -0.2) is 72.5 Å². The van der Waals surface area contributed by atoms with E-state index in [9.17, 15) is 9.59 Å². The molecule has 2 saturated heterocycles. The van der Waals surface area contributed by atoms with Crippen LogP contribution >= 0.6 is 0 Å². The van der Waals surface area contributed by atoms with E-state index < -0.39 is 0 Å². The number of hydrogen-bond donors (Lipinski definition) is 2. The molecule has 0 radical (unpaired) electrons. The van der Waals surface area contributed by atoms with E-state index in [4.69, 9.17) is 0 Å². The van der Waals surface area contributed by atoms with E-state index in [2.05, 4.69) is 22.5 Å². The van der Waals surface area contributed by atoms with Crippen molar-refractivity contribution in [2.75, 3.05) is 32.7 Å². The summed E-state index contributed by atoms with van der Waals surface area (Å²) in [6.45, 7) is 8.45. The van der Waals surface area contributed by atoms with E-state index in [1.807, 2.05) is 4.90 Å². The highest BCUT2D eigenvalue weighted by molar-refractivity contribution is 5.82. The molecule has 0 spiro atoms. The quantitative estimate of drug-likeness (QED) is 0.752. The largest absolute Gasteiger partial charge is 0.354 e. The molecular formula is C23H40N4O2. The Labute approximate surface area is 176 Å². The second kappa shape index (κ2) is 9.34. The monoisotopic (exact) mass is 404 g/mol. The molecule has 164 valence electrons. The normalized spacial score (nSPS) is 38.5. The molecule has 2 amide bonds. The molecular weight excluding hydrogens is 364 g/mol. The lowest BCUT2D eigenvalue weighted by atomic mass is 9.78. The van der Waals surface area contributed by atoms with Gasteiger partial charge in [0.2, 0.25) is 11.8 Å². The average Bonchev–Trinajstić information content (AvgIpc) is 3.18. The van der Waals surface area contributed by atoms with Gasteiger partial charge < -0.3 is 15.5 Å². The van der Waals surface area contributed by atoms with Crippen LogP contribution < -0.4 is 10.6 Å². The number of hydrogen-bond acceptors (Lipinski definition) is 4. The maximum atomic E-state index is 12.9. The number of nitrogens with one attached hydrogen (secondary N) is 2. The summed E-state index contributed by atoms with van der Waals surface area (Å²) in [6, 6.07) is 1.10. The highest BCUT2D eigenvalue weighted by Crippen LogP contribution is 2.36. The third-order valence-electron chi connectivity index (χ3n) is 8.24. The summed E-state index contributed by atoms with van der Waals surface area (Å²) >= 11 is 0. The Kier molecular flexibility index (Phi) is 6.80. The zero-order chi connectivity index (χ0) is 20.4. The molecule has 2 saturated carbocycles. The van der Waals surface area contributed by atoms with E-state index in [-0.39, 0.29) is 17.9 Å². The van der Waals surface area contributed by atoms with Crippen molar-refractivity contribution >= 4 is 11.8 Å². The zero-order valence-electron chi connectivity index (χ0n) is 18.4. The maximum absolute atomic E-state index is 12.9. The van der Waals surface area contributed by atoms with Crippen LogP contribution in [-0.2, 0) is 9.59 Å². The van der Waals surface area contributed by atoms with Gasteiger partial charge in [-0.1, -0.05) is 26.2 Å². The SMILES string of the molecule is CC(=O)N1CCN(C2CCCCC2CNC(=O)C2CC3CCCC(C)C3N2)CC1.